The molecule has 2 aromatic rings. The maximum atomic E-state index is 10.8. The smallest absolute Gasteiger partial charge is 0.354 e. The Labute approximate surface area is 90.5 Å². The first-order valence-corrected chi connectivity index (χ1v) is 4.63. The molecular weight excluding hydrogens is 216 g/mol. The number of halogens is 1. The third-order valence-corrected chi connectivity index (χ3v) is 2.24. The Morgan fingerprint density at radius 3 is 2.73 bits per heavy atom. The molecule has 15 heavy (non-hydrogen) atoms. The van der Waals surface area contributed by atoms with E-state index in [1.807, 2.05) is 0 Å². The van der Waals surface area contributed by atoms with Gasteiger partial charge in [-0.05, 0) is 30.7 Å². The summed E-state index contributed by atoms with van der Waals surface area (Å²) >= 11 is 5.72. The summed E-state index contributed by atoms with van der Waals surface area (Å²) in [6.45, 7) is 1.68. The van der Waals surface area contributed by atoms with Crippen molar-refractivity contribution in [2.45, 2.75) is 6.92 Å². The molecule has 76 valence electrons. The lowest BCUT2D eigenvalue weighted by molar-refractivity contribution is 0.0690. The van der Waals surface area contributed by atoms with Crippen LogP contribution in [0.2, 0.25) is 5.15 Å². The fourth-order valence-corrected chi connectivity index (χ4v) is 1.50. The average Bonchev–Trinajstić information content (AvgIpc) is 2.15. The highest BCUT2D eigenvalue weighted by Gasteiger charge is 2.10. The second-order valence-corrected chi connectivity index (χ2v) is 3.52. The Balaban J connectivity index is 2.76. The van der Waals surface area contributed by atoms with Crippen LogP contribution in [-0.2, 0) is 0 Å². The van der Waals surface area contributed by atoms with E-state index >= 15 is 0 Å². The van der Waals surface area contributed by atoms with E-state index < -0.39 is 5.97 Å². The Kier molecular flexibility index (Phi) is 2.28. The number of fused-ring (bicyclic) bond motifs is 1. The predicted octanol–water partition coefficient (Wildman–Crippen LogP) is 2.29. The van der Waals surface area contributed by atoms with Crippen molar-refractivity contribution in [1.29, 1.82) is 0 Å². The molecule has 0 spiro atoms. The molecule has 5 heteroatoms. The first-order chi connectivity index (χ1) is 7.08. The maximum absolute atomic E-state index is 10.8. The van der Waals surface area contributed by atoms with Crippen LogP contribution in [0.5, 0.6) is 0 Å². The number of nitrogens with zero attached hydrogens (tertiary/aromatic N) is 2. The Morgan fingerprint density at radius 2 is 2.07 bits per heavy atom. The highest BCUT2D eigenvalue weighted by molar-refractivity contribution is 6.29. The van der Waals surface area contributed by atoms with Crippen LogP contribution in [-0.4, -0.2) is 21.0 Å². The van der Waals surface area contributed by atoms with Crippen LogP contribution in [0.15, 0.2) is 18.2 Å². The number of carboxylic acids is 1. The third-order valence-electron chi connectivity index (χ3n) is 2.03. The van der Waals surface area contributed by atoms with Crippen LogP contribution in [0.3, 0.4) is 0 Å². The fourth-order valence-electron chi connectivity index (χ4n) is 1.34. The van der Waals surface area contributed by atoms with E-state index in [4.69, 9.17) is 16.7 Å². The zero-order chi connectivity index (χ0) is 11.0. The molecule has 2 rings (SSSR count). The maximum Gasteiger partial charge on any atom is 0.354 e. The van der Waals surface area contributed by atoms with Crippen molar-refractivity contribution in [3.05, 3.63) is 34.6 Å². The summed E-state index contributed by atoms with van der Waals surface area (Å²) in [5.41, 5.74) is 1.75. The number of rotatable bonds is 1. The lowest BCUT2D eigenvalue weighted by Gasteiger charge is -2.02. The lowest BCUT2D eigenvalue weighted by Crippen LogP contribution is -2.03. The fraction of sp³-hybridized carbons (Fsp3) is 0.100. The second-order valence-electron chi connectivity index (χ2n) is 3.13. The van der Waals surface area contributed by atoms with Gasteiger partial charge in [-0.1, -0.05) is 11.6 Å². The SMILES string of the molecule is Cc1cc2nc(Cl)ccc2nc1C(=O)O. The van der Waals surface area contributed by atoms with Crippen LogP contribution in [0, 0.1) is 6.92 Å². The third kappa shape index (κ3) is 1.76. The summed E-state index contributed by atoms with van der Waals surface area (Å²) in [5, 5.41) is 9.24. The molecule has 0 bridgehead atoms. The normalized spacial score (nSPS) is 10.5. The van der Waals surface area contributed by atoms with Crippen molar-refractivity contribution in [1.82, 2.24) is 9.97 Å². The number of hydrogen-bond donors (Lipinski definition) is 1. The molecule has 0 radical (unpaired) electrons. The molecule has 0 aliphatic rings. The second kappa shape index (κ2) is 3.47. The molecule has 0 aliphatic carbocycles. The number of aromatic nitrogens is 2. The molecule has 0 fully saturated rings. The van der Waals surface area contributed by atoms with E-state index in [-0.39, 0.29) is 5.69 Å². The minimum absolute atomic E-state index is 0.0478. The zero-order valence-corrected chi connectivity index (χ0v) is 8.62. The Morgan fingerprint density at radius 1 is 1.33 bits per heavy atom. The van der Waals surface area contributed by atoms with Crippen LogP contribution >= 0.6 is 11.6 Å². The lowest BCUT2D eigenvalue weighted by atomic mass is 10.2. The van der Waals surface area contributed by atoms with Gasteiger partial charge in [0.05, 0.1) is 11.0 Å². The van der Waals surface area contributed by atoms with Crippen molar-refractivity contribution < 1.29 is 9.90 Å². The van der Waals surface area contributed by atoms with Crippen molar-refractivity contribution in [2.24, 2.45) is 0 Å². The number of carboxylic acid groups (broad SMARTS) is 1. The summed E-state index contributed by atoms with van der Waals surface area (Å²) in [7, 11) is 0. The molecule has 0 saturated carbocycles. The molecule has 2 aromatic heterocycles. The zero-order valence-electron chi connectivity index (χ0n) is 7.86. The summed E-state index contributed by atoms with van der Waals surface area (Å²) in [4.78, 5) is 18.9. The van der Waals surface area contributed by atoms with Gasteiger partial charge in [0, 0.05) is 0 Å². The topological polar surface area (TPSA) is 63.1 Å². The number of pyridine rings is 2. The Bertz CT molecular complexity index is 554. The largest absolute Gasteiger partial charge is 0.477 e. The molecule has 0 aliphatic heterocycles. The van der Waals surface area contributed by atoms with Gasteiger partial charge in [0.15, 0.2) is 5.69 Å². The van der Waals surface area contributed by atoms with E-state index in [1.165, 1.54) is 0 Å². The standard InChI is InChI=1S/C10H7ClN2O2/c1-5-4-7-6(2-3-8(11)12-7)13-9(5)10(14)15/h2-4H,1H3,(H,14,15). The Hall–Kier alpha value is -1.68. The van der Waals surface area contributed by atoms with Gasteiger partial charge in [0.2, 0.25) is 0 Å². The molecule has 0 unspecified atom stereocenters. The highest BCUT2D eigenvalue weighted by atomic mass is 35.5. The predicted molar refractivity (Wildman–Crippen MR) is 56.2 cm³/mol. The van der Waals surface area contributed by atoms with Crippen molar-refractivity contribution in [3.8, 4) is 0 Å². The van der Waals surface area contributed by atoms with Gasteiger partial charge in [-0.3, -0.25) is 0 Å². The number of aryl methyl sites for hydroxylation is 1. The summed E-state index contributed by atoms with van der Waals surface area (Å²) < 4.78 is 0. The summed E-state index contributed by atoms with van der Waals surface area (Å²) in [6, 6.07) is 4.89. The van der Waals surface area contributed by atoms with Crippen molar-refractivity contribution in [2.75, 3.05) is 0 Å². The monoisotopic (exact) mass is 222 g/mol. The van der Waals surface area contributed by atoms with E-state index in [0.717, 1.165) is 0 Å². The van der Waals surface area contributed by atoms with Gasteiger partial charge in [-0.15, -0.1) is 0 Å². The van der Waals surface area contributed by atoms with Crippen LogP contribution in [0.25, 0.3) is 11.0 Å². The summed E-state index contributed by atoms with van der Waals surface area (Å²) in [5.74, 6) is -1.04. The molecule has 0 saturated heterocycles. The molecule has 2 heterocycles. The minimum Gasteiger partial charge on any atom is -0.477 e. The van der Waals surface area contributed by atoms with Gasteiger partial charge in [-0.25, -0.2) is 14.8 Å². The first kappa shape index (κ1) is 9.86. The average molecular weight is 223 g/mol. The van der Waals surface area contributed by atoms with E-state index in [9.17, 15) is 4.79 Å². The molecule has 1 N–H and O–H groups in total. The van der Waals surface area contributed by atoms with Crippen LogP contribution in [0.4, 0.5) is 0 Å². The molecule has 0 amide bonds. The quantitative estimate of drug-likeness (QED) is 0.752. The number of aromatic carboxylic acids is 1. The van der Waals surface area contributed by atoms with E-state index in [0.29, 0.717) is 21.7 Å². The molecule has 0 aromatic carbocycles. The van der Waals surface area contributed by atoms with Crippen molar-refractivity contribution >= 4 is 28.6 Å². The molecular formula is C10H7ClN2O2. The van der Waals surface area contributed by atoms with E-state index in [2.05, 4.69) is 9.97 Å². The van der Waals surface area contributed by atoms with Crippen molar-refractivity contribution in [3.63, 3.8) is 0 Å². The molecule has 0 atom stereocenters. The van der Waals surface area contributed by atoms with Crippen LogP contribution < -0.4 is 0 Å². The van der Waals surface area contributed by atoms with Gasteiger partial charge in [0.1, 0.15) is 5.15 Å². The summed E-state index contributed by atoms with van der Waals surface area (Å²) in [6.07, 6.45) is 0. The number of hydrogen-bond acceptors (Lipinski definition) is 3. The van der Waals surface area contributed by atoms with Gasteiger partial charge >= 0.3 is 5.97 Å². The van der Waals surface area contributed by atoms with Gasteiger partial charge in [0.25, 0.3) is 0 Å². The van der Waals surface area contributed by atoms with Crippen LogP contribution in [0.1, 0.15) is 16.1 Å². The van der Waals surface area contributed by atoms with Gasteiger partial charge in [-0.2, -0.15) is 0 Å². The van der Waals surface area contributed by atoms with Gasteiger partial charge < -0.3 is 5.11 Å². The van der Waals surface area contributed by atoms with E-state index in [1.54, 1.807) is 25.1 Å². The first-order valence-electron chi connectivity index (χ1n) is 4.25. The number of carbonyl (C=O) groups is 1. The highest BCUT2D eigenvalue weighted by Crippen LogP contribution is 2.17. The molecule has 4 nitrogen and oxygen atoms in total. The minimum atomic E-state index is -1.04.